The Morgan fingerprint density at radius 2 is 1.86 bits per heavy atom. The smallest absolute Gasteiger partial charge is 0.269 e. The van der Waals surface area contributed by atoms with Gasteiger partial charge in [0.2, 0.25) is 11.8 Å². The number of nitrogens with zero attached hydrogens (tertiary/aromatic N) is 3. The van der Waals surface area contributed by atoms with Crippen molar-refractivity contribution in [1.29, 1.82) is 0 Å². The predicted molar refractivity (Wildman–Crippen MR) is 141 cm³/mol. The molecule has 0 bridgehead atoms. The van der Waals surface area contributed by atoms with Crippen molar-refractivity contribution in [2.24, 2.45) is 0 Å². The number of amides is 2. The Morgan fingerprint density at radius 1 is 1.08 bits per heavy atom. The number of benzene rings is 2. The molecule has 4 aromatic rings. The van der Waals surface area contributed by atoms with Crippen LogP contribution in [0.15, 0.2) is 71.4 Å². The van der Waals surface area contributed by atoms with Crippen molar-refractivity contribution in [1.82, 2.24) is 15.3 Å². The number of carbonyl (C=O) groups excluding carboxylic acids is 2. The molecule has 2 aromatic heterocycles. The molecular formula is C29H26N4O4. The van der Waals surface area contributed by atoms with Crippen LogP contribution in [0, 0.1) is 6.92 Å². The van der Waals surface area contributed by atoms with Crippen LogP contribution >= 0.6 is 0 Å². The third kappa shape index (κ3) is 4.99. The number of methoxy groups -OCH3 is 1. The van der Waals surface area contributed by atoms with Gasteiger partial charge in [-0.2, -0.15) is 0 Å². The quantitative estimate of drug-likeness (QED) is 0.410. The van der Waals surface area contributed by atoms with Crippen LogP contribution in [0.4, 0.5) is 5.69 Å². The van der Waals surface area contributed by atoms with Crippen LogP contribution in [0.3, 0.4) is 0 Å². The summed E-state index contributed by atoms with van der Waals surface area (Å²) in [5.74, 6) is 1.54. The van der Waals surface area contributed by atoms with Gasteiger partial charge in [0.1, 0.15) is 17.2 Å². The molecule has 8 heteroatoms. The van der Waals surface area contributed by atoms with Crippen LogP contribution in [0.25, 0.3) is 22.8 Å². The van der Waals surface area contributed by atoms with Crippen LogP contribution in [-0.2, 0) is 11.3 Å². The van der Waals surface area contributed by atoms with Crippen molar-refractivity contribution in [3.8, 4) is 16.9 Å². The molecule has 0 fully saturated rings. The highest BCUT2D eigenvalue weighted by atomic mass is 16.5. The fourth-order valence-corrected chi connectivity index (χ4v) is 4.30. The molecule has 5 rings (SSSR count). The van der Waals surface area contributed by atoms with Crippen LogP contribution in [0.1, 0.15) is 39.7 Å². The van der Waals surface area contributed by atoms with E-state index in [1.807, 2.05) is 61.5 Å². The second-order valence-corrected chi connectivity index (χ2v) is 8.73. The summed E-state index contributed by atoms with van der Waals surface area (Å²) in [6.07, 6.45) is 5.36. The van der Waals surface area contributed by atoms with E-state index in [2.05, 4.69) is 15.3 Å². The van der Waals surface area contributed by atoms with Gasteiger partial charge in [-0.15, -0.1) is 0 Å². The zero-order chi connectivity index (χ0) is 25.9. The first-order valence-corrected chi connectivity index (χ1v) is 11.8. The van der Waals surface area contributed by atoms with Crippen molar-refractivity contribution < 1.29 is 18.7 Å². The van der Waals surface area contributed by atoms with Gasteiger partial charge in [-0.05, 0) is 65.6 Å². The number of nitrogens with one attached hydrogen (secondary N) is 1. The van der Waals surface area contributed by atoms with Crippen molar-refractivity contribution in [2.45, 2.75) is 19.9 Å². The highest BCUT2D eigenvalue weighted by Crippen LogP contribution is 2.36. The molecule has 0 atom stereocenters. The lowest BCUT2D eigenvalue weighted by Gasteiger charge is -2.24. The average Bonchev–Trinajstić information content (AvgIpc) is 3.32. The van der Waals surface area contributed by atoms with E-state index in [1.54, 1.807) is 37.5 Å². The molecule has 2 aromatic carbocycles. The van der Waals surface area contributed by atoms with Crippen LogP contribution in [-0.4, -0.2) is 35.9 Å². The number of hydrogen-bond donors (Lipinski definition) is 1. The Morgan fingerprint density at radius 3 is 2.57 bits per heavy atom. The molecule has 3 heterocycles. The van der Waals surface area contributed by atoms with Gasteiger partial charge in [0.25, 0.3) is 5.91 Å². The normalized spacial score (nSPS) is 13.0. The predicted octanol–water partition coefficient (Wildman–Crippen LogP) is 4.89. The van der Waals surface area contributed by atoms with Crippen LogP contribution in [0.5, 0.6) is 5.75 Å². The SMILES string of the molecule is CNC(=O)c1cc(-c2ccc3c(c2)N(Cc2ccc(OC)cc2)C(=O)CC(c2ncc(C)o2)=C3)ccn1. The molecule has 0 saturated carbocycles. The summed E-state index contributed by atoms with van der Waals surface area (Å²) in [7, 11) is 3.19. The monoisotopic (exact) mass is 494 g/mol. The van der Waals surface area contributed by atoms with Gasteiger partial charge >= 0.3 is 0 Å². The van der Waals surface area contributed by atoms with Gasteiger partial charge in [-0.25, -0.2) is 4.98 Å². The third-order valence-corrected chi connectivity index (χ3v) is 6.24. The van der Waals surface area contributed by atoms with E-state index in [4.69, 9.17) is 9.15 Å². The minimum atomic E-state index is -0.262. The van der Waals surface area contributed by atoms with E-state index in [-0.39, 0.29) is 18.2 Å². The molecule has 186 valence electrons. The number of ether oxygens (including phenoxy) is 1. The summed E-state index contributed by atoms with van der Waals surface area (Å²) < 4.78 is 11.0. The maximum absolute atomic E-state index is 13.7. The van der Waals surface area contributed by atoms with Crippen LogP contribution < -0.4 is 15.0 Å². The molecule has 0 unspecified atom stereocenters. The lowest BCUT2D eigenvalue weighted by molar-refractivity contribution is -0.117. The Kier molecular flexibility index (Phi) is 6.55. The molecule has 1 aliphatic rings. The highest BCUT2D eigenvalue weighted by molar-refractivity contribution is 6.07. The number of oxazole rings is 1. The van der Waals surface area contributed by atoms with Crippen molar-refractivity contribution >= 4 is 29.2 Å². The van der Waals surface area contributed by atoms with E-state index < -0.39 is 0 Å². The van der Waals surface area contributed by atoms with Gasteiger partial charge in [-0.1, -0.05) is 24.3 Å². The molecule has 0 radical (unpaired) electrons. The van der Waals surface area contributed by atoms with Crippen LogP contribution in [0.2, 0.25) is 0 Å². The second kappa shape index (κ2) is 10.1. The van der Waals surface area contributed by atoms with E-state index in [1.165, 1.54) is 0 Å². The molecular weight excluding hydrogens is 468 g/mol. The third-order valence-electron chi connectivity index (χ3n) is 6.24. The number of pyridine rings is 1. The fourth-order valence-electron chi connectivity index (χ4n) is 4.30. The summed E-state index contributed by atoms with van der Waals surface area (Å²) >= 11 is 0. The number of rotatable bonds is 6. The Hall–Kier alpha value is -4.72. The minimum Gasteiger partial charge on any atom is -0.497 e. The number of anilines is 1. The van der Waals surface area contributed by atoms with Gasteiger partial charge in [0.05, 0.1) is 32.0 Å². The van der Waals surface area contributed by atoms with Gasteiger partial charge in [0, 0.05) is 18.8 Å². The Labute approximate surface area is 214 Å². The van der Waals surface area contributed by atoms with E-state index in [0.29, 0.717) is 23.9 Å². The zero-order valence-electron chi connectivity index (χ0n) is 20.8. The molecule has 37 heavy (non-hydrogen) atoms. The van der Waals surface area contributed by atoms with Gasteiger partial charge in [0.15, 0.2) is 0 Å². The summed E-state index contributed by atoms with van der Waals surface area (Å²) in [5.41, 5.74) is 5.32. The maximum Gasteiger partial charge on any atom is 0.269 e. The molecule has 0 spiro atoms. The fraction of sp³-hybridized carbons (Fsp3) is 0.172. The summed E-state index contributed by atoms with van der Waals surface area (Å²) in [6, 6.07) is 17.2. The number of aryl methyl sites for hydroxylation is 1. The van der Waals surface area contributed by atoms with Gasteiger partial charge < -0.3 is 19.4 Å². The van der Waals surface area contributed by atoms with Gasteiger partial charge in [-0.3, -0.25) is 14.6 Å². The van der Waals surface area contributed by atoms with Crippen molar-refractivity contribution in [3.63, 3.8) is 0 Å². The first-order chi connectivity index (χ1) is 17.9. The van der Waals surface area contributed by atoms with E-state index >= 15 is 0 Å². The van der Waals surface area contributed by atoms with E-state index in [9.17, 15) is 9.59 Å². The topological polar surface area (TPSA) is 97.6 Å². The Balaban J connectivity index is 1.60. The standard InChI is InChI=1S/C29H26N4O4/c1-18-16-32-29(37-18)23-12-22-7-6-20(21-10-11-31-25(13-21)28(35)30-2)14-26(22)33(27(34)15-23)17-19-4-8-24(36-3)9-5-19/h4-14,16H,15,17H2,1-3H3,(H,30,35). The second-order valence-electron chi connectivity index (χ2n) is 8.73. The molecule has 1 N–H and O–H groups in total. The van der Waals surface area contributed by atoms with E-state index in [0.717, 1.165) is 39.3 Å². The average molecular weight is 495 g/mol. The minimum absolute atomic E-state index is 0.0744. The number of carbonyl (C=O) groups is 2. The first kappa shape index (κ1) is 24.0. The zero-order valence-corrected chi connectivity index (χ0v) is 20.8. The highest BCUT2D eigenvalue weighted by Gasteiger charge is 2.26. The Bertz CT molecular complexity index is 1500. The molecule has 0 saturated heterocycles. The lowest BCUT2D eigenvalue weighted by Crippen LogP contribution is -2.30. The molecule has 8 nitrogen and oxygen atoms in total. The largest absolute Gasteiger partial charge is 0.497 e. The number of fused-ring (bicyclic) bond motifs is 1. The summed E-state index contributed by atoms with van der Waals surface area (Å²) in [5, 5.41) is 2.60. The lowest BCUT2D eigenvalue weighted by atomic mass is 10.0. The van der Waals surface area contributed by atoms with Crippen molar-refractivity contribution in [2.75, 3.05) is 19.1 Å². The maximum atomic E-state index is 13.7. The summed E-state index contributed by atoms with van der Waals surface area (Å²) in [4.78, 5) is 36.1. The number of aromatic nitrogens is 2. The van der Waals surface area contributed by atoms with Crippen molar-refractivity contribution in [3.05, 3.63) is 95.5 Å². The first-order valence-electron chi connectivity index (χ1n) is 11.8. The molecule has 2 amide bonds. The molecule has 1 aliphatic heterocycles. The molecule has 0 aliphatic carbocycles. The number of hydrogen-bond acceptors (Lipinski definition) is 6. The summed E-state index contributed by atoms with van der Waals surface area (Å²) in [6.45, 7) is 2.21.